The predicted octanol–water partition coefficient (Wildman–Crippen LogP) is 2.41. The fourth-order valence-electron chi connectivity index (χ4n) is 1.15. The minimum atomic E-state index is 0.549. The van der Waals surface area contributed by atoms with E-state index in [-0.39, 0.29) is 0 Å². The lowest BCUT2D eigenvalue weighted by Gasteiger charge is -2.10. The third-order valence-electron chi connectivity index (χ3n) is 1.80. The maximum absolute atomic E-state index is 5.29. The maximum atomic E-state index is 5.29. The van der Waals surface area contributed by atoms with Gasteiger partial charge >= 0.3 is 0 Å². The molecule has 1 aromatic rings. The molecule has 0 saturated heterocycles. The summed E-state index contributed by atoms with van der Waals surface area (Å²) < 4.78 is 10.5. The second-order valence-corrected chi connectivity index (χ2v) is 2.86. The largest absolute Gasteiger partial charge is 0.494 e. The predicted molar refractivity (Wildman–Crippen MR) is 56.2 cm³/mol. The van der Waals surface area contributed by atoms with Crippen LogP contribution in [0, 0.1) is 6.92 Å². The van der Waals surface area contributed by atoms with Crippen molar-refractivity contribution in [2.45, 2.75) is 13.8 Å². The molecule has 1 rings (SSSR count). The standard InChI is InChI=1S/C11H15NO2/c1-5-14-9(3)11-10(13-4)7-6-8(2)12-11/h6-7H,3,5H2,1-2,4H3. The van der Waals surface area contributed by atoms with Crippen molar-refractivity contribution in [3.63, 3.8) is 0 Å². The second kappa shape index (κ2) is 4.65. The van der Waals surface area contributed by atoms with E-state index in [4.69, 9.17) is 9.47 Å². The van der Waals surface area contributed by atoms with Crippen molar-refractivity contribution in [3.05, 3.63) is 30.1 Å². The lowest BCUT2D eigenvalue weighted by Crippen LogP contribution is -1.99. The van der Waals surface area contributed by atoms with Crippen LogP contribution in [-0.4, -0.2) is 18.7 Å². The summed E-state index contributed by atoms with van der Waals surface area (Å²) in [5, 5.41) is 0. The molecule has 1 aromatic heterocycles. The fourth-order valence-corrected chi connectivity index (χ4v) is 1.15. The molecule has 3 heteroatoms. The first-order chi connectivity index (χ1) is 6.69. The number of ether oxygens (including phenoxy) is 2. The number of pyridine rings is 1. The van der Waals surface area contributed by atoms with Crippen molar-refractivity contribution in [2.24, 2.45) is 0 Å². The van der Waals surface area contributed by atoms with Crippen molar-refractivity contribution in [3.8, 4) is 5.75 Å². The number of rotatable bonds is 4. The summed E-state index contributed by atoms with van der Waals surface area (Å²) in [6, 6.07) is 3.75. The van der Waals surface area contributed by atoms with Crippen molar-refractivity contribution >= 4 is 5.76 Å². The Hall–Kier alpha value is -1.51. The SMILES string of the molecule is C=C(OCC)c1nc(C)ccc1OC. The molecule has 0 saturated carbocycles. The van der Waals surface area contributed by atoms with E-state index in [2.05, 4.69) is 11.6 Å². The van der Waals surface area contributed by atoms with Gasteiger partial charge in [-0.1, -0.05) is 6.58 Å². The van der Waals surface area contributed by atoms with Crippen molar-refractivity contribution in [1.29, 1.82) is 0 Å². The zero-order chi connectivity index (χ0) is 10.6. The van der Waals surface area contributed by atoms with Crippen molar-refractivity contribution in [2.75, 3.05) is 13.7 Å². The van der Waals surface area contributed by atoms with Gasteiger partial charge in [0.1, 0.15) is 17.2 Å². The molecule has 0 spiro atoms. The van der Waals surface area contributed by atoms with E-state index in [0.29, 0.717) is 23.8 Å². The van der Waals surface area contributed by atoms with Crippen LogP contribution in [0.15, 0.2) is 18.7 Å². The monoisotopic (exact) mass is 193 g/mol. The molecule has 3 nitrogen and oxygen atoms in total. The van der Waals surface area contributed by atoms with E-state index in [1.165, 1.54) is 0 Å². The van der Waals surface area contributed by atoms with Gasteiger partial charge in [-0.15, -0.1) is 0 Å². The molecule has 0 aliphatic rings. The van der Waals surface area contributed by atoms with Gasteiger partial charge in [-0.05, 0) is 26.0 Å². The van der Waals surface area contributed by atoms with E-state index < -0.39 is 0 Å². The first-order valence-electron chi connectivity index (χ1n) is 4.52. The number of hydrogen-bond donors (Lipinski definition) is 0. The molecule has 0 radical (unpaired) electrons. The van der Waals surface area contributed by atoms with Gasteiger partial charge < -0.3 is 9.47 Å². The summed E-state index contributed by atoms with van der Waals surface area (Å²) in [4.78, 5) is 4.31. The van der Waals surface area contributed by atoms with Crippen LogP contribution in [0.1, 0.15) is 18.3 Å². The Balaban J connectivity index is 3.03. The molecule has 76 valence electrons. The van der Waals surface area contributed by atoms with Gasteiger partial charge in [0.15, 0.2) is 0 Å². The molecular formula is C11H15NO2. The van der Waals surface area contributed by atoms with Gasteiger partial charge in [0.2, 0.25) is 0 Å². The Kier molecular flexibility index (Phi) is 3.51. The van der Waals surface area contributed by atoms with Crippen LogP contribution in [-0.2, 0) is 4.74 Å². The smallest absolute Gasteiger partial charge is 0.148 e. The van der Waals surface area contributed by atoms with Crippen LogP contribution in [0.3, 0.4) is 0 Å². The summed E-state index contributed by atoms with van der Waals surface area (Å²) in [5.74, 6) is 1.24. The highest BCUT2D eigenvalue weighted by molar-refractivity contribution is 5.60. The van der Waals surface area contributed by atoms with Crippen LogP contribution in [0.25, 0.3) is 5.76 Å². The molecule has 0 fully saturated rings. The minimum absolute atomic E-state index is 0.549. The first kappa shape index (κ1) is 10.6. The highest BCUT2D eigenvalue weighted by Gasteiger charge is 2.09. The van der Waals surface area contributed by atoms with E-state index in [1.54, 1.807) is 7.11 Å². The Bertz CT molecular complexity index is 334. The highest BCUT2D eigenvalue weighted by atomic mass is 16.5. The highest BCUT2D eigenvalue weighted by Crippen LogP contribution is 2.23. The zero-order valence-corrected chi connectivity index (χ0v) is 8.83. The molecule has 0 bridgehead atoms. The average molecular weight is 193 g/mol. The van der Waals surface area contributed by atoms with Crippen LogP contribution in [0.4, 0.5) is 0 Å². The third-order valence-corrected chi connectivity index (χ3v) is 1.80. The van der Waals surface area contributed by atoms with Gasteiger partial charge in [0.25, 0.3) is 0 Å². The number of aromatic nitrogens is 1. The van der Waals surface area contributed by atoms with Crippen LogP contribution in [0.2, 0.25) is 0 Å². The third kappa shape index (κ3) is 2.25. The molecule has 0 aromatic carbocycles. The van der Waals surface area contributed by atoms with E-state index in [1.807, 2.05) is 26.0 Å². The Labute approximate surface area is 84.4 Å². The zero-order valence-electron chi connectivity index (χ0n) is 8.83. The van der Waals surface area contributed by atoms with E-state index >= 15 is 0 Å². The van der Waals surface area contributed by atoms with Crippen LogP contribution >= 0.6 is 0 Å². The average Bonchev–Trinajstić information content (AvgIpc) is 2.18. The van der Waals surface area contributed by atoms with Gasteiger partial charge in [-0.25, -0.2) is 4.98 Å². The lowest BCUT2D eigenvalue weighted by molar-refractivity contribution is 0.294. The number of methoxy groups -OCH3 is 1. The molecule has 0 atom stereocenters. The number of hydrogen-bond acceptors (Lipinski definition) is 3. The minimum Gasteiger partial charge on any atom is -0.494 e. The molecule has 1 heterocycles. The molecule has 14 heavy (non-hydrogen) atoms. The molecule has 0 unspecified atom stereocenters. The molecule has 0 amide bonds. The van der Waals surface area contributed by atoms with Crippen molar-refractivity contribution < 1.29 is 9.47 Å². The molecule has 0 N–H and O–H groups in total. The molecular weight excluding hydrogens is 178 g/mol. The maximum Gasteiger partial charge on any atom is 0.148 e. The normalized spacial score (nSPS) is 9.64. The van der Waals surface area contributed by atoms with E-state index in [9.17, 15) is 0 Å². The van der Waals surface area contributed by atoms with Crippen molar-refractivity contribution in [1.82, 2.24) is 4.98 Å². The van der Waals surface area contributed by atoms with Crippen LogP contribution in [0.5, 0.6) is 5.75 Å². The summed E-state index contributed by atoms with van der Waals surface area (Å²) in [5.41, 5.74) is 1.59. The summed E-state index contributed by atoms with van der Waals surface area (Å²) in [6.45, 7) is 8.21. The lowest BCUT2D eigenvalue weighted by atomic mass is 10.2. The Morgan fingerprint density at radius 2 is 2.21 bits per heavy atom. The Morgan fingerprint density at radius 1 is 1.50 bits per heavy atom. The summed E-state index contributed by atoms with van der Waals surface area (Å²) in [7, 11) is 1.61. The topological polar surface area (TPSA) is 31.4 Å². The van der Waals surface area contributed by atoms with Gasteiger partial charge in [-0.2, -0.15) is 0 Å². The van der Waals surface area contributed by atoms with Gasteiger partial charge in [0, 0.05) is 5.69 Å². The summed E-state index contributed by atoms with van der Waals surface area (Å²) >= 11 is 0. The quantitative estimate of drug-likeness (QED) is 0.688. The Morgan fingerprint density at radius 3 is 2.79 bits per heavy atom. The number of aryl methyl sites for hydroxylation is 1. The second-order valence-electron chi connectivity index (χ2n) is 2.86. The fraction of sp³-hybridized carbons (Fsp3) is 0.364. The van der Waals surface area contributed by atoms with E-state index in [0.717, 1.165) is 5.69 Å². The first-order valence-corrected chi connectivity index (χ1v) is 4.52. The molecule has 0 aliphatic heterocycles. The van der Waals surface area contributed by atoms with Crippen LogP contribution < -0.4 is 4.74 Å². The van der Waals surface area contributed by atoms with Gasteiger partial charge in [-0.3, -0.25) is 0 Å². The summed E-state index contributed by atoms with van der Waals surface area (Å²) in [6.07, 6.45) is 0. The molecule has 0 aliphatic carbocycles. The number of nitrogens with zero attached hydrogens (tertiary/aromatic N) is 1. The van der Waals surface area contributed by atoms with Gasteiger partial charge in [0.05, 0.1) is 13.7 Å².